The van der Waals surface area contributed by atoms with E-state index in [4.69, 9.17) is 15.0 Å². The molecular weight excluding hydrogens is 312 g/mol. The molecule has 1 rings (SSSR count). The number of ether oxygens (including phenoxy) is 2. The van der Waals surface area contributed by atoms with Crippen molar-refractivity contribution in [3.05, 3.63) is 46.3 Å². The lowest BCUT2D eigenvalue weighted by Crippen LogP contribution is -2.40. The molecule has 0 aliphatic heterocycles. The first-order valence-corrected chi connectivity index (χ1v) is 7.50. The minimum absolute atomic E-state index is 0.0732. The Balaban J connectivity index is 2.53. The summed E-state index contributed by atoms with van der Waals surface area (Å²) in [6, 6.07) is 8.49. The molecule has 0 saturated heterocycles. The normalized spacial score (nSPS) is 11.8. The van der Waals surface area contributed by atoms with Crippen LogP contribution >= 0.6 is 0 Å². The first-order valence-electron chi connectivity index (χ1n) is 7.50. The van der Waals surface area contributed by atoms with E-state index in [0.717, 1.165) is 5.56 Å². The van der Waals surface area contributed by atoms with Crippen molar-refractivity contribution in [3.8, 4) is 0 Å². The van der Waals surface area contributed by atoms with Gasteiger partial charge in [0.1, 0.15) is 12.2 Å². The molecule has 24 heavy (non-hydrogen) atoms. The lowest BCUT2D eigenvalue weighted by atomic mass is 10.1. The first-order chi connectivity index (χ1) is 11.3. The van der Waals surface area contributed by atoms with Crippen LogP contribution in [0.3, 0.4) is 0 Å². The van der Waals surface area contributed by atoms with Gasteiger partial charge in [-0.15, -0.1) is 0 Å². The van der Waals surface area contributed by atoms with E-state index in [-0.39, 0.29) is 19.6 Å². The molecule has 0 spiro atoms. The van der Waals surface area contributed by atoms with Gasteiger partial charge in [-0.25, -0.2) is 4.79 Å². The van der Waals surface area contributed by atoms with Crippen LogP contribution in [0, 0.1) is 0 Å². The SMILES string of the molecule is CC(C)(C)OC(=O)C[C@@H](CN=[N+]=[N-])NC(=O)OCc1ccccc1. The summed E-state index contributed by atoms with van der Waals surface area (Å²) in [4.78, 5) is 26.3. The number of benzene rings is 1. The summed E-state index contributed by atoms with van der Waals surface area (Å²) in [5.41, 5.74) is 8.63. The average Bonchev–Trinajstić information content (AvgIpc) is 2.49. The third kappa shape index (κ3) is 8.65. The fourth-order valence-corrected chi connectivity index (χ4v) is 1.81. The molecule has 8 heteroatoms. The zero-order valence-corrected chi connectivity index (χ0v) is 14.1. The molecule has 0 unspecified atom stereocenters. The van der Waals surface area contributed by atoms with Gasteiger partial charge in [-0.3, -0.25) is 4.79 Å². The zero-order valence-electron chi connectivity index (χ0n) is 14.1. The van der Waals surface area contributed by atoms with Crippen LogP contribution in [0.2, 0.25) is 0 Å². The van der Waals surface area contributed by atoms with Gasteiger partial charge in [0.2, 0.25) is 0 Å². The molecule has 0 radical (unpaired) electrons. The molecule has 1 N–H and O–H groups in total. The van der Waals surface area contributed by atoms with Crippen LogP contribution in [0.5, 0.6) is 0 Å². The van der Waals surface area contributed by atoms with Gasteiger partial charge in [-0.05, 0) is 31.9 Å². The van der Waals surface area contributed by atoms with Crippen LogP contribution in [0.4, 0.5) is 4.79 Å². The predicted molar refractivity (Wildman–Crippen MR) is 88.0 cm³/mol. The van der Waals surface area contributed by atoms with Crippen molar-refractivity contribution < 1.29 is 19.1 Å². The minimum Gasteiger partial charge on any atom is -0.460 e. The third-order valence-electron chi connectivity index (χ3n) is 2.73. The summed E-state index contributed by atoms with van der Waals surface area (Å²) in [5.74, 6) is -0.496. The van der Waals surface area contributed by atoms with Crippen molar-refractivity contribution in [2.75, 3.05) is 6.54 Å². The van der Waals surface area contributed by atoms with E-state index in [0.29, 0.717) is 0 Å². The van der Waals surface area contributed by atoms with Crippen LogP contribution < -0.4 is 5.32 Å². The van der Waals surface area contributed by atoms with Gasteiger partial charge in [-0.1, -0.05) is 35.4 Å². The maximum Gasteiger partial charge on any atom is 0.407 e. The summed E-state index contributed by atoms with van der Waals surface area (Å²) < 4.78 is 10.3. The van der Waals surface area contributed by atoms with Crippen LogP contribution in [0.15, 0.2) is 35.4 Å². The predicted octanol–water partition coefficient (Wildman–Crippen LogP) is 3.32. The van der Waals surface area contributed by atoms with Crippen LogP contribution in [-0.4, -0.2) is 30.3 Å². The highest BCUT2D eigenvalue weighted by Gasteiger charge is 2.21. The lowest BCUT2D eigenvalue weighted by Gasteiger charge is -2.22. The molecule has 1 amide bonds. The van der Waals surface area contributed by atoms with Crippen LogP contribution in [-0.2, 0) is 20.9 Å². The van der Waals surface area contributed by atoms with Gasteiger partial charge in [-0.2, -0.15) is 0 Å². The van der Waals surface area contributed by atoms with E-state index in [9.17, 15) is 9.59 Å². The summed E-state index contributed by atoms with van der Waals surface area (Å²) in [6.07, 6.45) is -0.808. The lowest BCUT2D eigenvalue weighted by molar-refractivity contribution is -0.155. The van der Waals surface area contributed by atoms with Crippen molar-refractivity contribution in [3.63, 3.8) is 0 Å². The van der Waals surface area contributed by atoms with E-state index in [1.807, 2.05) is 30.3 Å². The van der Waals surface area contributed by atoms with E-state index in [1.54, 1.807) is 20.8 Å². The number of hydrogen-bond acceptors (Lipinski definition) is 5. The second kappa shape index (κ2) is 9.42. The molecule has 0 saturated carbocycles. The van der Waals surface area contributed by atoms with Gasteiger partial charge < -0.3 is 14.8 Å². The van der Waals surface area contributed by atoms with Gasteiger partial charge in [0.15, 0.2) is 0 Å². The number of amides is 1. The standard InChI is InChI=1S/C16H22N4O4/c1-16(2,3)24-14(21)9-13(10-18-20-17)19-15(22)23-11-12-7-5-4-6-8-12/h4-8,13H,9-11H2,1-3H3,(H,19,22)/t13-/m0/s1. The Morgan fingerprint density at radius 3 is 2.54 bits per heavy atom. The van der Waals surface area contributed by atoms with Gasteiger partial charge in [0.05, 0.1) is 6.42 Å². The molecule has 0 fully saturated rings. The number of nitrogens with one attached hydrogen (secondary N) is 1. The Hall–Kier alpha value is -2.73. The van der Waals surface area contributed by atoms with Crippen molar-refractivity contribution in [2.24, 2.45) is 5.11 Å². The molecule has 0 aliphatic rings. The number of carbonyl (C=O) groups excluding carboxylic acids is 2. The fourth-order valence-electron chi connectivity index (χ4n) is 1.81. The van der Waals surface area contributed by atoms with Gasteiger partial charge in [0.25, 0.3) is 0 Å². The van der Waals surface area contributed by atoms with E-state index >= 15 is 0 Å². The summed E-state index contributed by atoms with van der Waals surface area (Å²) >= 11 is 0. The molecule has 130 valence electrons. The summed E-state index contributed by atoms with van der Waals surface area (Å²) in [5, 5.41) is 5.91. The highest BCUT2D eigenvalue weighted by Crippen LogP contribution is 2.10. The number of esters is 1. The largest absolute Gasteiger partial charge is 0.460 e. The van der Waals surface area contributed by atoms with E-state index in [2.05, 4.69) is 15.3 Å². The number of rotatable bonds is 7. The average molecular weight is 334 g/mol. The molecule has 0 aliphatic carbocycles. The van der Waals surface area contributed by atoms with Gasteiger partial charge in [0, 0.05) is 17.5 Å². The number of hydrogen-bond donors (Lipinski definition) is 1. The second-order valence-electron chi connectivity index (χ2n) is 6.11. The molecule has 1 atom stereocenters. The zero-order chi connectivity index (χ0) is 18.0. The van der Waals surface area contributed by atoms with Crippen molar-refractivity contribution >= 4 is 12.1 Å². The topological polar surface area (TPSA) is 113 Å². The smallest absolute Gasteiger partial charge is 0.407 e. The maximum atomic E-state index is 11.8. The van der Waals surface area contributed by atoms with Crippen LogP contribution in [0.25, 0.3) is 10.4 Å². The molecular formula is C16H22N4O4. The molecule has 8 nitrogen and oxygen atoms in total. The van der Waals surface area contributed by atoms with Crippen molar-refractivity contribution in [1.29, 1.82) is 0 Å². The molecule has 0 heterocycles. The first kappa shape index (κ1) is 19.3. The summed E-state index contributed by atoms with van der Waals surface area (Å²) in [7, 11) is 0. The van der Waals surface area contributed by atoms with E-state index in [1.165, 1.54) is 0 Å². The van der Waals surface area contributed by atoms with Crippen LogP contribution in [0.1, 0.15) is 32.8 Å². The molecule has 1 aromatic rings. The Kier molecular flexibility index (Phi) is 7.58. The maximum absolute atomic E-state index is 11.8. The number of alkyl carbamates (subject to hydrolysis) is 1. The van der Waals surface area contributed by atoms with Crippen molar-refractivity contribution in [2.45, 2.75) is 45.4 Å². The Morgan fingerprint density at radius 2 is 1.96 bits per heavy atom. The highest BCUT2D eigenvalue weighted by atomic mass is 16.6. The fraction of sp³-hybridized carbons (Fsp3) is 0.500. The molecule has 0 bridgehead atoms. The van der Waals surface area contributed by atoms with Crippen molar-refractivity contribution in [1.82, 2.24) is 5.32 Å². The number of carbonyl (C=O) groups is 2. The summed E-state index contributed by atoms with van der Waals surface area (Å²) in [6.45, 7) is 5.27. The Labute approximate surface area is 140 Å². The minimum atomic E-state index is -0.695. The Bertz CT molecular complexity index is 592. The number of azide groups is 1. The monoisotopic (exact) mass is 334 g/mol. The third-order valence-corrected chi connectivity index (χ3v) is 2.73. The van der Waals surface area contributed by atoms with Gasteiger partial charge >= 0.3 is 12.1 Å². The van der Waals surface area contributed by atoms with E-state index < -0.39 is 23.7 Å². The Morgan fingerprint density at radius 1 is 1.29 bits per heavy atom. The quantitative estimate of drug-likeness (QED) is 0.356. The molecule has 0 aromatic heterocycles. The number of nitrogens with zero attached hydrogens (tertiary/aromatic N) is 3. The highest BCUT2D eigenvalue weighted by molar-refractivity contribution is 5.73. The molecule has 1 aromatic carbocycles. The second-order valence-corrected chi connectivity index (χ2v) is 6.11.